The number of hydrogen-bond donors (Lipinski definition) is 1. The number of aryl methyl sites for hydroxylation is 1. The van der Waals surface area contributed by atoms with E-state index in [-0.39, 0.29) is 11.8 Å². The van der Waals surface area contributed by atoms with Gasteiger partial charge in [-0.2, -0.15) is 0 Å². The van der Waals surface area contributed by atoms with Gasteiger partial charge in [-0.15, -0.1) is 0 Å². The second-order valence-electron chi connectivity index (χ2n) is 11.0. The molecule has 43 heavy (non-hydrogen) atoms. The van der Waals surface area contributed by atoms with Crippen LogP contribution in [0.4, 0.5) is 0 Å². The summed E-state index contributed by atoms with van der Waals surface area (Å²) in [5.41, 5.74) is 3.66. The summed E-state index contributed by atoms with van der Waals surface area (Å²) < 4.78 is 16.6. The lowest BCUT2D eigenvalue weighted by atomic mass is 9.85. The van der Waals surface area contributed by atoms with Crippen LogP contribution in [0.15, 0.2) is 77.6 Å². The molecular formula is C35H44N2O6. The second kappa shape index (κ2) is 15.9. The summed E-state index contributed by atoms with van der Waals surface area (Å²) in [5, 5.41) is 11.0. The summed E-state index contributed by atoms with van der Waals surface area (Å²) in [6, 6.07) is 3.74. The lowest BCUT2D eigenvalue weighted by Crippen LogP contribution is -2.38. The number of aromatic nitrogens is 1. The van der Waals surface area contributed by atoms with Gasteiger partial charge in [-0.05, 0) is 56.7 Å². The number of carbonyl (C=O) groups excluding carboxylic acids is 2. The van der Waals surface area contributed by atoms with Gasteiger partial charge in [-0.1, -0.05) is 62.1 Å². The maximum atomic E-state index is 12.8. The lowest BCUT2D eigenvalue weighted by Gasteiger charge is -2.34. The Morgan fingerprint density at radius 3 is 2.65 bits per heavy atom. The number of unbranched alkanes of at least 4 members (excludes halogenated alkanes) is 1. The third-order valence-corrected chi connectivity index (χ3v) is 7.60. The van der Waals surface area contributed by atoms with E-state index in [9.17, 15) is 14.7 Å². The molecular weight excluding hydrogens is 544 g/mol. The van der Waals surface area contributed by atoms with E-state index in [0.717, 1.165) is 29.5 Å². The second-order valence-corrected chi connectivity index (χ2v) is 11.0. The first-order valence-electron chi connectivity index (χ1n) is 14.6. The lowest BCUT2D eigenvalue weighted by molar-refractivity contribution is -0.124. The van der Waals surface area contributed by atoms with Crippen LogP contribution in [0.5, 0.6) is 0 Å². The number of likely N-dealkylation sites (N-methyl/N-ethyl adjacent to an activating group) is 1. The fraction of sp³-hybridized carbons (Fsp3) is 0.400. The third-order valence-electron chi connectivity index (χ3n) is 7.60. The highest BCUT2D eigenvalue weighted by Crippen LogP contribution is 2.36. The molecule has 1 aromatic heterocycles. The number of amides is 1. The first-order valence-corrected chi connectivity index (χ1v) is 14.6. The van der Waals surface area contributed by atoms with Crippen molar-refractivity contribution in [1.82, 2.24) is 9.88 Å². The largest absolute Gasteiger partial charge is 0.501 e. The number of cyclic esters (lactones) is 1. The minimum atomic E-state index is -0.903. The first-order chi connectivity index (χ1) is 20.5. The zero-order valence-electron chi connectivity index (χ0n) is 26.1. The van der Waals surface area contributed by atoms with Gasteiger partial charge in [0.25, 0.3) is 0 Å². The Labute approximate surface area is 255 Å². The number of ether oxygens (including phenoxy) is 2. The summed E-state index contributed by atoms with van der Waals surface area (Å²) in [6.07, 6.45) is 16.5. The van der Waals surface area contributed by atoms with E-state index in [0.29, 0.717) is 47.9 Å². The summed E-state index contributed by atoms with van der Waals surface area (Å²) >= 11 is 0. The van der Waals surface area contributed by atoms with Crippen molar-refractivity contribution in [3.63, 3.8) is 0 Å². The highest BCUT2D eigenvalue weighted by molar-refractivity contribution is 5.94. The van der Waals surface area contributed by atoms with Crippen LogP contribution in [-0.4, -0.2) is 53.7 Å². The minimum absolute atomic E-state index is 0.0886. The van der Waals surface area contributed by atoms with Crippen molar-refractivity contribution in [2.24, 2.45) is 5.92 Å². The van der Waals surface area contributed by atoms with Gasteiger partial charge in [0, 0.05) is 37.6 Å². The molecule has 0 spiro atoms. The molecule has 0 radical (unpaired) electrons. The van der Waals surface area contributed by atoms with Gasteiger partial charge >= 0.3 is 5.97 Å². The Kier molecular flexibility index (Phi) is 12.3. The van der Waals surface area contributed by atoms with Crippen LogP contribution in [0.3, 0.4) is 0 Å². The van der Waals surface area contributed by atoms with E-state index in [1.54, 1.807) is 32.2 Å². The molecule has 1 aliphatic rings. The summed E-state index contributed by atoms with van der Waals surface area (Å²) in [4.78, 5) is 30.7. The van der Waals surface area contributed by atoms with E-state index >= 15 is 0 Å². The number of esters is 1. The van der Waals surface area contributed by atoms with Crippen LogP contribution >= 0.6 is 0 Å². The Hall–Kier alpha value is -4.17. The van der Waals surface area contributed by atoms with Crippen LogP contribution in [0.2, 0.25) is 0 Å². The van der Waals surface area contributed by atoms with E-state index in [1.165, 1.54) is 6.08 Å². The van der Waals surface area contributed by atoms with E-state index in [4.69, 9.17) is 13.9 Å². The highest BCUT2D eigenvalue weighted by Gasteiger charge is 2.39. The molecule has 2 heterocycles. The zero-order valence-corrected chi connectivity index (χ0v) is 26.1. The molecule has 0 unspecified atom stereocenters. The van der Waals surface area contributed by atoms with Crippen LogP contribution in [-0.2, 0) is 20.7 Å². The van der Waals surface area contributed by atoms with Crippen molar-refractivity contribution in [2.75, 3.05) is 20.7 Å². The minimum Gasteiger partial charge on any atom is -0.501 e. The van der Waals surface area contributed by atoms with Gasteiger partial charge in [-0.3, -0.25) is 4.79 Å². The molecule has 8 heteroatoms. The maximum absolute atomic E-state index is 12.8. The monoisotopic (exact) mass is 588 g/mol. The number of allylic oxidation sites excluding steroid dienone is 7. The molecule has 0 saturated heterocycles. The molecule has 3 atom stereocenters. The Morgan fingerprint density at radius 1 is 1.19 bits per heavy atom. The number of rotatable bonds is 14. The number of aliphatic hydroxyl groups is 1. The van der Waals surface area contributed by atoms with Gasteiger partial charge in [0.15, 0.2) is 0 Å². The zero-order chi connectivity index (χ0) is 31.5. The molecule has 1 N–H and O–H groups in total. The highest BCUT2D eigenvalue weighted by atomic mass is 16.6. The van der Waals surface area contributed by atoms with Crippen molar-refractivity contribution in [3.05, 3.63) is 107 Å². The van der Waals surface area contributed by atoms with Crippen LogP contribution in [0.1, 0.15) is 77.9 Å². The summed E-state index contributed by atoms with van der Waals surface area (Å²) in [6.45, 7) is 12.1. The predicted molar refractivity (Wildman–Crippen MR) is 168 cm³/mol. The average Bonchev–Trinajstić information content (AvgIpc) is 3.45. The molecule has 0 saturated carbocycles. The molecule has 230 valence electrons. The number of carbonyl (C=O) groups is 2. The van der Waals surface area contributed by atoms with Gasteiger partial charge in [0.1, 0.15) is 18.0 Å². The average molecular weight is 589 g/mol. The third kappa shape index (κ3) is 9.16. The topological polar surface area (TPSA) is 102 Å². The van der Waals surface area contributed by atoms with E-state index in [1.807, 2.05) is 57.2 Å². The summed E-state index contributed by atoms with van der Waals surface area (Å²) in [7, 11) is 3.30. The fourth-order valence-electron chi connectivity index (χ4n) is 4.73. The normalized spacial score (nSPS) is 17.8. The smallest absolute Gasteiger partial charge is 0.339 e. The molecule has 3 rings (SSSR count). The van der Waals surface area contributed by atoms with E-state index < -0.39 is 18.2 Å². The van der Waals surface area contributed by atoms with Crippen LogP contribution in [0.25, 0.3) is 5.57 Å². The Morgan fingerprint density at radius 2 is 1.91 bits per heavy atom. The SMILES string of the molecule is C=C(C/C=C\C=C/CC/C=C/CN(C)C(=O)/C=C(\C)OC)c1ncc(C[C@H](C)[C@@H]2OC(=O)c3c(ccc(C)c3C)[C@H]2O)o1. The van der Waals surface area contributed by atoms with Crippen molar-refractivity contribution in [3.8, 4) is 0 Å². The standard InChI is InChI=1S/C35H44N2O6/c1-23-17-18-29-31(27(23)5)35(40)43-33(32(29)39)25(3)20-28-22-36-34(42-28)24(2)16-14-12-10-8-9-11-13-15-19-37(6)30(38)21-26(4)41-7/h8,10,12-15,17-18,21-22,25,32-33,39H,2,9,11,16,19-20H2,1,3-7H3/b10-8-,14-12-,15-13+,26-21+/t25-,32+,33-/m0/s1. The van der Waals surface area contributed by atoms with Gasteiger partial charge in [-0.25, -0.2) is 9.78 Å². The quantitative estimate of drug-likeness (QED) is 0.0662. The molecule has 8 nitrogen and oxygen atoms in total. The maximum Gasteiger partial charge on any atom is 0.339 e. The van der Waals surface area contributed by atoms with Gasteiger partial charge in [0.05, 0.1) is 24.6 Å². The van der Waals surface area contributed by atoms with Crippen molar-refractivity contribution in [1.29, 1.82) is 0 Å². The number of aliphatic hydroxyl groups excluding tert-OH is 1. The van der Waals surface area contributed by atoms with Gasteiger partial charge < -0.3 is 23.9 Å². The Balaban J connectivity index is 1.41. The first kappa shape index (κ1) is 33.3. The fourth-order valence-corrected chi connectivity index (χ4v) is 4.73. The molecule has 1 aliphatic heterocycles. The number of fused-ring (bicyclic) bond motifs is 1. The molecule has 0 aliphatic carbocycles. The number of benzene rings is 1. The molecule has 1 aromatic carbocycles. The molecule has 1 amide bonds. The van der Waals surface area contributed by atoms with Crippen LogP contribution in [0, 0.1) is 19.8 Å². The number of methoxy groups -OCH3 is 1. The van der Waals surface area contributed by atoms with E-state index in [2.05, 4.69) is 23.7 Å². The molecule has 2 aromatic rings. The predicted octanol–water partition coefficient (Wildman–Crippen LogP) is 6.60. The number of nitrogens with zero attached hydrogens (tertiary/aromatic N) is 2. The van der Waals surface area contributed by atoms with Crippen molar-refractivity contribution >= 4 is 17.4 Å². The molecule has 0 fully saturated rings. The number of oxazole rings is 1. The van der Waals surface area contributed by atoms with Crippen molar-refractivity contribution < 1.29 is 28.6 Å². The Bertz CT molecular complexity index is 1410. The molecule has 0 bridgehead atoms. The van der Waals surface area contributed by atoms with Gasteiger partial charge in [0.2, 0.25) is 11.8 Å². The summed E-state index contributed by atoms with van der Waals surface area (Å²) in [5.74, 6) is 1.02. The van der Waals surface area contributed by atoms with Crippen molar-refractivity contribution in [2.45, 2.75) is 65.6 Å². The number of hydrogen-bond acceptors (Lipinski definition) is 7. The van der Waals surface area contributed by atoms with Crippen LogP contribution < -0.4 is 0 Å².